The second kappa shape index (κ2) is 5.21. The Labute approximate surface area is 102 Å². The van der Waals surface area contributed by atoms with Gasteiger partial charge in [0.05, 0.1) is 7.11 Å². The van der Waals surface area contributed by atoms with Crippen LogP contribution in [-0.2, 0) is 11.2 Å². The number of carboxylic acids is 1. The molecule has 0 fully saturated rings. The lowest BCUT2D eigenvalue weighted by Gasteiger charge is -2.12. The second-order valence-electron chi connectivity index (χ2n) is 3.43. The number of methoxy groups -OCH3 is 1. The van der Waals surface area contributed by atoms with Gasteiger partial charge in [-0.15, -0.1) is 0 Å². The number of hydrogen-bond acceptors (Lipinski definition) is 3. The van der Waals surface area contributed by atoms with Crippen molar-refractivity contribution in [2.75, 3.05) is 7.11 Å². The number of phenols is 1. The number of ether oxygens (including phenoxy) is 1. The molecule has 4 nitrogen and oxygen atoms in total. The molecule has 0 heterocycles. The molecule has 5 heteroatoms. The molecule has 0 aliphatic rings. The summed E-state index contributed by atoms with van der Waals surface area (Å²) in [7, 11) is 1.46. The Kier molecular flexibility index (Phi) is 4.18. The molecule has 0 aromatic heterocycles. The summed E-state index contributed by atoms with van der Waals surface area (Å²) in [6.45, 7) is 1.86. The molecule has 2 N–H and O–H groups in total. The Hall–Kier alpha value is -1.23. The highest BCUT2D eigenvalue weighted by Crippen LogP contribution is 2.38. The highest BCUT2D eigenvalue weighted by Gasteiger charge is 2.15. The van der Waals surface area contributed by atoms with Gasteiger partial charge in [0.2, 0.25) is 0 Å². The zero-order valence-corrected chi connectivity index (χ0v) is 10.7. The predicted octanol–water partition coefficient (Wildman–Crippen LogP) is 2.49. The van der Waals surface area contributed by atoms with Crippen LogP contribution in [-0.4, -0.2) is 23.3 Å². The highest BCUT2D eigenvalue weighted by atomic mass is 79.9. The molecule has 0 aliphatic heterocycles. The van der Waals surface area contributed by atoms with Crippen molar-refractivity contribution in [3.05, 3.63) is 21.7 Å². The van der Waals surface area contributed by atoms with Crippen molar-refractivity contribution >= 4 is 21.9 Å². The van der Waals surface area contributed by atoms with Crippen LogP contribution in [0, 0.1) is 6.92 Å². The molecule has 0 spiro atoms. The molecular formula is C11H13BrO4. The van der Waals surface area contributed by atoms with Crippen molar-refractivity contribution in [1.82, 2.24) is 0 Å². The van der Waals surface area contributed by atoms with Gasteiger partial charge in [0, 0.05) is 16.5 Å². The number of rotatable bonds is 4. The Morgan fingerprint density at radius 1 is 1.56 bits per heavy atom. The van der Waals surface area contributed by atoms with Crippen molar-refractivity contribution in [1.29, 1.82) is 0 Å². The van der Waals surface area contributed by atoms with Crippen LogP contribution in [0.25, 0.3) is 0 Å². The van der Waals surface area contributed by atoms with Crippen LogP contribution in [0.3, 0.4) is 0 Å². The molecule has 1 aromatic carbocycles. The molecule has 1 rings (SSSR count). The van der Waals surface area contributed by atoms with E-state index in [1.165, 1.54) is 7.11 Å². The number of aromatic hydroxyl groups is 1. The van der Waals surface area contributed by atoms with Gasteiger partial charge in [0.15, 0.2) is 11.5 Å². The van der Waals surface area contributed by atoms with E-state index in [9.17, 15) is 9.90 Å². The molecule has 0 aliphatic carbocycles. The van der Waals surface area contributed by atoms with E-state index in [-0.39, 0.29) is 18.6 Å². The zero-order valence-electron chi connectivity index (χ0n) is 9.08. The Morgan fingerprint density at radius 2 is 2.19 bits per heavy atom. The fourth-order valence-electron chi connectivity index (χ4n) is 1.43. The van der Waals surface area contributed by atoms with Crippen LogP contribution in [0.5, 0.6) is 11.5 Å². The largest absolute Gasteiger partial charge is 0.504 e. The first-order chi connectivity index (χ1) is 7.47. The van der Waals surface area contributed by atoms with Gasteiger partial charge < -0.3 is 14.9 Å². The molecule has 1 aromatic rings. The van der Waals surface area contributed by atoms with Gasteiger partial charge in [-0.2, -0.15) is 0 Å². The van der Waals surface area contributed by atoms with Crippen LogP contribution in [0.1, 0.15) is 17.5 Å². The number of benzene rings is 1. The minimum Gasteiger partial charge on any atom is -0.504 e. The van der Waals surface area contributed by atoms with E-state index in [1.54, 1.807) is 6.07 Å². The number of halogens is 1. The van der Waals surface area contributed by atoms with Crippen LogP contribution in [0.2, 0.25) is 0 Å². The lowest BCUT2D eigenvalue weighted by molar-refractivity contribution is -0.136. The number of carboxylic acid groups (broad SMARTS) is 1. The number of carbonyl (C=O) groups is 1. The average molecular weight is 289 g/mol. The molecular weight excluding hydrogens is 276 g/mol. The van der Waals surface area contributed by atoms with Gasteiger partial charge in [0.1, 0.15) is 0 Å². The zero-order chi connectivity index (χ0) is 12.3. The molecule has 88 valence electrons. The third kappa shape index (κ3) is 2.66. The van der Waals surface area contributed by atoms with Gasteiger partial charge in [0.25, 0.3) is 0 Å². The summed E-state index contributed by atoms with van der Waals surface area (Å²) >= 11 is 3.34. The SMILES string of the molecule is COc1cc(C)c(Br)c(CCC(=O)O)c1O. The van der Waals surface area contributed by atoms with Crippen LogP contribution >= 0.6 is 15.9 Å². The lowest BCUT2D eigenvalue weighted by Crippen LogP contribution is -2.00. The van der Waals surface area contributed by atoms with E-state index in [2.05, 4.69) is 15.9 Å². The second-order valence-corrected chi connectivity index (χ2v) is 4.22. The third-order valence-corrected chi connectivity index (χ3v) is 3.39. The molecule has 16 heavy (non-hydrogen) atoms. The highest BCUT2D eigenvalue weighted by molar-refractivity contribution is 9.10. The summed E-state index contributed by atoms with van der Waals surface area (Å²) in [5.74, 6) is -0.533. The minimum absolute atomic E-state index is 0.00113. The summed E-state index contributed by atoms with van der Waals surface area (Å²) in [6.07, 6.45) is 0.235. The summed E-state index contributed by atoms with van der Waals surface area (Å²) in [4.78, 5) is 10.5. The smallest absolute Gasteiger partial charge is 0.303 e. The van der Waals surface area contributed by atoms with Crippen molar-refractivity contribution in [3.8, 4) is 11.5 Å². The maximum atomic E-state index is 10.5. The number of aryl methyl sites for hydroxylation is 1. The average Bonchev–Trinajstić information content (AvgIpc) is 2.23. The van der Waals surface area contributed by atoms with Gasteiger partial charge in [-0.05, 0) is 25.0 Å². The molecule has 0 unspecified atom stereocenters. The first kappa shape index (κ1) is 12.8. The van der Waals surface area contributed by atoms with Crippen molar-refractivity contribution < 1.29 is 19.7 Å². The maximum Gasteiger partial charge on any atom is 0.303 e. The third-order valence-electron chi connectivity index (χ3n) is 2.29. The fraction of sp³-hybridized carbons (Fsp3) is 0.364. The summed E-state index contributed by atoms with van der Waals surface area (Å²) in [5.41, 5.74) is 1.47. The predicted molar refractivity (Wildman–Crippen MR) is 63.1 cm³/mol. The monoisotopic (exact) mass is 288 g/mol. The molecule has 0 amide bonds. The normalized spacial score (nSPS) is 10.2. The van der Waals surface area contributed by atoms with Gasteiger partial charge in [-0.3, -0.25) is 4.79 Å². The van der Waals surface area contributed by atoms with E-state index in [4.69, 9.17) is 9.84 Å². The number of phenolic OH excluding ortho intramolecular Hbond substituents is 1. The first-order valence-electron chi connectivity index (χ1n) is 4.74. The van der Waals surface area contributed by atoms with E-state index in [0.717, 1.165) is 10.0 Å². The van der Waals surface area contributed by atoms with E-state index >= 15 is 0 Å². The lowest BCUT2D eigenvalue weighted by atomic mass is 10.0. The summed E-state index contributed by atoms with van der Waals surface area (Å²) < 4.78 is 5.74. The molecule has 0 atom stereocenters. The van der Waals surface area contributed by atoms with Crippen LogP contribution in [0.4, 0.5) is 0 Å². The molecule has 0 bridgehead atoms. The standard InChI is InChI=1S/C11H13BrO4/c1-6-5-8(16-2)11(15)7(10(6)12)3-4-9(13)14/h5,15H,3-4H2,1-2H3,(H,13,14). The van der Waals surface area contributed by atoms with E-state index < -0.39 is 5.97 Å². The van der Waals surface area contributed by atoms with Crippen molar-refractivity contribution in [2.24, 2.45) is 0 Å². The maximum absolute atomic E-state index is 10.5. The number of aliphatic carboxylic acids is 1. The fourth-order valence-corrected chi connectivity index (χ4v) is 1.94. The number of hydrogen-bond donors (Lipinski definition) is 2. The molecule has 0 saturated heterocycles. The Bertz CT molecular complexity index is 415. The first-order valence-corrected chi connectivity index (χ1v) is 5.53. The summed E-state index contributed by atoms with van der Waals surface area (Å²) in [6, 6.07) is 1.70. The van der Waals surface area contributed by atoms with Gasteiger partial charge >= 0.3 is 5.97 Å². The van der Waals surface area contributed by atoms with Gasteiger partial charge in [-0.1, -0.05) is 15.9 Å². The molecule has 0 saturated carbocycles. The Morgan fingerprint density at radius 3 is 2.69 bits per heavy atom. The van der Waals surface area contributed by atoms with E-state index in [0.29, 0.717) is 11.3 Å². The van der Waals surface area contributed by atoms with Gasteiger partial charge in [-0.25, -0.2) is 0 Å². The van der Waals surface area contributed by atoms with Crippen molar-refractivity contribution in [2.45, 2.75) is 19.8 Å². The minimum atomic E-state index is -0.897. The van der Waals surface area contributed by atoms with Crippen LogP contribution < -0.4 is 4.74 Å². The Balaban J connectivity index is 3.14. The van der Waals surface area contributed by atoms with Crippen LogP contribution in [0.15, 0.2) is 10.5 Å². The topological polar surface area (TPSA) is 66.8 Å². The van der Waals surface area contributed by atoms with E-state index in [1.807, 2.05) is 6.92 Å². The van der Waals surface area contributed by atoms with Crippen molar-refractivity contribution in [3.63, 3.8) is 0 Å². The quantitative estimate of drug-likeness (QED) is 0.893. The summed E-state index contributed by atoms with van der Waals surface area (Å²) in [5, 5.41) is 18.5. The molecule has 0 radical (unpaired) electrons.